The Morgan fingerprint density at radius 2 is 2.19 bits per heavy atom. The Morgan fingerprint density at radius 1 is 1.38 bits per heavy atom. The third-order valence-electron chi connectivity index (χ3n) is 3.90. The van der Waals surface area contributed by atoms with Crippen molar-refractivity contribution in [2.75, 3.05) is 26.3 Å². The molecular weight excluding hydrogens is 336 g/mol. The van der Waals surface area contributed by atoms with Gasteiger partial charge in [-0.15, -0.1) is 5.10 Å². The van der Waals surface area contributed by atoms with Gasteiger partial charge in [0.25, 0.3) is 5.91 Å². The van der Waals surface area contributed by atoms with E-state index in [1.165, 1.54) is 0 Å². The summed E-state index contributed by atoms with van der Waals surface area (Å²) in [7, 11) is 0. The van der Waals surface area contributed by atoms with Gasteiger partial charge in [0.2, 0.25) is 0 Å². The molecule has 0 fully saturated rings. The van der Waals surface area contributed by atoms with Crippen LogP contribution in [0.4, 0.5) is 0 Å². The number of rotatable bonds is 10. The number of ether oxygens (including phenoxy) is 1. The van der Waals surface area contributed by atoms with Crippen LogP contribution in [0.3, 0.4) is 0 Å². The van der Waals surface area contributed by atoms with Crippen LogP contribution in [0.1, 0.15) is 30.6 Å². The number of carbonyl (C=O) groups excluding carboxylic acids is 1. The predicted octanol–water partition coefficient (Wildman–Crippen LogP) is 1.86. The molecule has 0 saturated carbocycles. The van der Waals surface area contributed by atoms with Crippen LogP contribution in [0.2, 0.25) is 0 Å². The van der Waals surface area contributed by atoms with Crippen molar-refractivity contribution in [3.05, 3.63) is 42.2 Å². The van der Waals surface area contributed by atoms with E-state index in [1.54, 1.807) is 47.1 Å². The molecule has 1 N–H and O–H groups in total. The van der Waals surface area contributed by atoms with Gasteiger partial charge in [-0.05, 0) is 31.5 Å². The van der Waals surface area contributed by atoms with Gasteiger partial charge < -0.3 is 14.7 Å². The highest BCUT2D eigenvalue weighted by molar-refractivity contribution is 5.95. The average molecular weight is 360 g/mol. The first-order valence-electron chi connectivity index (χ1n) is 8.59. The van der Waals surface area contributed by atoms with E-state index in [0.717, 1.165) is 0 Å². The van der Waals surface area contributed by atoms with Crippen molar-refractivity contribution in [3.8, 4) is 5.69 Å². The third kappa shape index (κ3) is 5.38. The highest BCUT2D eigenvalue weighted by atomic mass is 16.5. The monoisotopic (exact) mass is 360 g/mol. The van der Waals surface area contributed by atoms with Crippen LogP contribution in [-0.4, -0.2) is 63.2 Å². The van der Waals surface area contributed by atoms with Crippen molar-refractivity contribution in [1.82, 2.24) is 19.9 Å². The summed E-state index contributed by atoms with van der Waals surface area (Å²) < 4.78 is 6.88. The molecule has 2 rings (SSSR count). The number of hydrogen-bond donors (Lipinski definition) is 1. The molecule has 0 bridgehead atoms. The lowest BCUT2D eigenvalue weighted by atomic mass is 10.1. The van der Waals surface area contributed by atoms with E-state index in [-0.39, 0.29) is 12.5 Å². The summed E-state index contributed by atoms with van der Waals surface area (Å²) in [6.07, 6.45) is 3.90. The number of carboxylic acids is 1. The molecule has 0 aliphatic rings. The van der Waals surface area contributed by atoms with Gasteiger partial charge in [-0.1, -0.05) is 18.2 Å². The molecule has 1 aromatic heterocycles. The van der Waals surface area contributed by atoms with Crippen molar-refractivity contribution < 1.29 is 19.4 Å². The second-order valence-corrected chi connectivity index (χ2v) is 5.94. The molecule has 1 unspecified atom stereocenters. The van der Waals surface area contributed by atoms with Gasteiger partial charge in [0.15, 0.2) is 0 Å². The van der Waals surface area contributed by atoms with E-state index in [0.29, 0.717) is 37.4 Å². The molecule has 0 aliphatic carbocycles. The summed E-state index contributed by atoms with van der Waals surface area (Å²) in [6.45, 7) is 5.22. The van der Waals surface area contributed by atoms with Crippen LogP contribution < -0.4 is 0 Å². The fraction of sp³-hybridized carbons (Fsp3) is 0.444. The van der Waals surface area contributed by atoms with E-state index in [1.807, 2.05) is 13.0 Å². The molecule has 2 aromatic rings. The Balaban J connectivity index is 2.15. The van der Waals surface area contributed by atoms with E-state index in [2.05, 4.69) is 10.3 Å². The van der Waals surface area contributed by atoms with Gasteiger partial charge in [0.05, 0.1) is 24.0 Å². The third-order valence-corrected chi connectivity index (χ3v) is 3.90. The minimum absolute atomic E-state index is 0.147. The average Bonchev–Trinajstić information content (AvgIpc) is 3.18. The fourth-order valence-corrected chi connectivity index (χ4v) is 2.50. The zero-order chi connectivity index (χ0) is 18.9. The van der Waals surface area contributed by atoms with Crippen molar-refractivity contribution >= 4 is 11.9 Å². The van der Waals surface area contributed by atoms with Crippen molar-refractivity contribution in [2.24, 2.45) is 5.92 Å². The predicted molar refractivity (Wildman–Crippen MR) is 95.2 cm³/mol. The molecule has 0 aliphatic heterocycles. The van der Waals surface area contributed by atoms with Gasteiger partial charge in [0.1, 0.15) is 0 Å². The lowest BCUT2D eigenvalue weighted by Gasteiger charge is -2.25. The molecule has 1 aromatic carbocycles. The topological polar surface area (TPSA) is 97.6 Å². The molecule has 26 heavy (non-hydrogen) atoms. The molecule has 0 spiro atoms. The summed E-state index contributed by atoms with van der Waals surface area (Å²) >= 11 is 0. The molecule has 8 nitrogen and oxygen atoms in total. The molecule has 1 atom stereocenters. The molecule has 1 heterocycles. The lowest BCUT2D eigenvalue weighted by Crippen LogP contribution is -2.38. The highest BCUT2D eigenvalue weighted by Crippen LogP contribution is 2.13. The minimum atomic E-state index is -0.927. The number of aromatic nitrogens is 3. The number of aliphatic carboxylic acids is 1. The first kappa shape index (κ1) is 19.6. The van der Waals surface area contributed by atoms with Gasteiger partial charge in [-0.3, -0.25) is 9.59 Å². The van der Waals surface area contributed by atoms with Crippen LogP contribution >= 0.6 is 0 Å². The van der Waals surface area contributed by atoms with Crippen molar-refractivity contribution in [1.29, 1.82) is 0 Å². The van der Waals surface area contributed by atoms with E-state index < -0.39 is 11.9 Å². The first-order valence-corrected chi connectivity index (χ1v) is 8.59. The van der Waals surface area contributed by atoms with Crippen molar-refractivity contribution in [3.63, 3.8) is 0 Å². The Labute approximate surface area is 152 Å². The molecule has 8 heteroatoms. The fourth-order valence-electron chi connectivity index (χ4n) is 2.50. The maximum absolute atomic E-state index is 12.9. The van der Waals surface area contributed by atoms with Crippen LogP contribution in [-0.2, 0) is 9.53 Å². The molecule has 0 saturated heterocycles. The minimum Gasteiger partial charge on any atom is -0.481 e. The maximum Gasteiger partial charge on any atom is 0.308 e. The summed E-state index contributed by atoms with van der Waals surface area (Å²) in [5.41, 5.74) is 1.20. The Hall–Kier alpha value is -2.74. The Kier molecular flexibility index (Phi) is 7.28. The van der Waals surface area contributed by atoms with Crippen LogP contribution in [0.25, 0.3) is 5.69 Å². The van der Waals surface area contributed by atoms with Crippen LogP contribution in [0.15, 0.2) is 36.7 Å². The molecule has 1 amide bonds. The van der Waals surface area contributed by atoms with Gasteiger partial charge in [-0.2, -0.15) is 0 Å². The number of hydrogen-bond acceptors (Lipinski definition) is 5. The Morgan fingerprint density at radius 3 is 2.85 bits per heavy atom. The number of benzene rings is 1. The van der Waals surface area contributed by atoms with Gasteiger partial charge in [0, 0.05) is 31.9 Å². The van der Waals surface area contributed by atoms with E-state index in [9.17, 15) is 14.7 Å². The number of carbonyl (C=O) groups is 2. The van der Waals surface area contributed by atoms with E-state index in [4.69, 9.17) is 4.74 Å². The smallest absolute Gasteiger partial charge is 0.308 e. The van der Waals surface area contributed by atoms with E-state index >= 15 is 0 Å². The molecular formula is C18H24N4O4. The van der Waals surface area contributed by atoms with Gasteiger partial charge >= 0.3 is 5.97 Å². The van der Waals surface area contributed by atoms with Crippen molar-refractivity contribution in [2.45, 2.75) is 20.3 Å². The van der Waals surface area contributed by atoms with Crippen LogP contribution in [0.5, 0.6) is 0 Å². The van der Waals surface area contributed by atoms with Gasteiger partial charge in [-0.25, -0.2) is 4.68 Å². The number of carboxylic acid groups (broad SMARTS) is 1. The second kappa shape index (κ2) is 9.67. The number of nitrogens with zero attached hydrogens (tertiary/aromatic N) is 4. The number of amides is 1. The summed E-state index contributed by atoms with van der Waals surface area (Å²) in [5.74, 6) is -1.79. The molecule has 140 valence electrons. The summed E-state index contributed by atoms with van der Waals surface area (Å²) in [4.78, 5) is 25.7. The quantitative estimate of drug-likeness (QED) is 0.650. The summed E-state index contributed by atoms with van der Waals surface area (Å²) in [6, 6.07) is 7.02. The molecule has 0 radical (unpaired) electrons. The maximum atomic E-state index is 12.9. The second-order valence-electron chi connectivity index (χ2n) is 5.94. The zero-order valence-corrected chi connectivity index (χ0v) is 15.0. The summed E-state index contributed by atoms with van der Waals surface area (Å²) in [5, 5.41) is 16.9. The highest BCUT2D eigenvalue weighted by Gasteiger charge is 2.21. The lowest BCUT2D eigenvalue weighted by molar-refractivity contribution is -0.141. The van der Waals surface area contributed by atoms with Crippen LogP contribution in [0, 0.1) is 5.92 Å². The first-order chi connectivity index (χ1) is 12.5. The largest absolute Gasteiger partial charge is 0.481 e. The zero-order valence-electron chi connectivity index (χ0n) is 15.0. The normalized spacial score (nSPS) is 11.9. The standard InChI is InChI=1S/C18H24N4O4/c1-3-26-11-5-9-21(13-14(2)18(24)25)17(23)15-6-4-7-16(12-15)22-10-8-19-20-22/h4,6-8,10,12,14H,3,5,9,11,13H2,1-2H3,(H,24,25). The Bertz CT molecular complexity index is 718. The SMILES string of the molecule is CCOCCCN(CC(C)C(=O)O)C(=O)c1cccc(-n2ccnn2)c1.